The normalized spacial score (nSPS) is 18.8. The summed E-state index contributed by atoms with van der Waals surface area (Å²) in [6.45, 7) is 4.61. The Labute approximate surface area is 162 Å². The van der Waals surface area contributed by atoms with Gasteiger partial charge in [-0.15, -0.1) is 0 Å². The lowest BCUT2D eigenvalue weighted by Crippen LogP contribution is -2.42. The maximum Gasteiger partial charge on any atom is 0.325 e. The van der Waals surface area contributed by atoms with Gasteiger partial charge in [-0.2, -0.15) is 0 Å². The van der Waals surface area contributed by atoms with Crippen molar-refractivity contribution < 1.29 is 19.2 Å². The molecule has 1 heterocycles. The summed E-state index contributed by atoms with van der Waals surface area (Å²) >= 11 is 0. The molecule has 7 heteroatoms. The van der Waals surface area contributed by atoms with Crippen LogP contribution in [0.3, 0.4) is 0 Å². The van der Waals surface area contributed by atoms with Gasteiger partial charge in [-0.1, -0.05) is 29.8 Å². The van der Waals surface area contributed by atoms with Crippen molar-refractivity contribution in [1.29, 1.82) is 0 Å². The maximum atomic E-state index is 12.9. The van der Waals surface area contributed by atoms with E-state index in [2.05, 4.69) is 10.6 Å². The standard InChI is InChI=1S/C21H21N3O4/c1-13-4-8-16(9-5-13)21(3)19(27)24(20(28)23-21)12-18(26)22-17-10-6-15(7-11-17)14(2)25/h4-11H,12H2,1-3H3,(H,22,26)(H,23,28)/t21-/m1/s1. The van der Waals surface area contributed by atoms with Crippen LogP contribution in [0.2, 0.25) is 0 Å². The van der Waals surface area contributed by atoms with E-state index >= 15 is 0 Å². The summed E-state index contributed by atoms with van der Waals surface area (Å²) in [5.41, 5.74) is 1.48. The minimum atomic E-state index is -1.21. The molecule has 3 rings (SSSR count). The average molecular weight is 379 g/mol. The number of anilines is 1. The quantitative estimate of drug-likeness (QED) is 0.617. The Morgan fingerprint density at radius 3 is 2.21 bits per heavy atom. The number of ketones is 1. The molecule has 1 aliphatic rings. The molecule has 4 amide bonds. The third-order valence-corrected chi connectivity index (χ3v) is 4.78. The van der Waals surface area contributed by atoms with Gasteiger partial charge in [0.25, 0.3) is 5.91 Å². The van der Waals surface area contributed by atoms with E-state index in [4.69, 9.17) is 0 Å². The van der Waals surface area contributed by atoms with E-state index in [0.717, 1.165) is 10.5 Å². The van der Waals surface area contributed by atoms with Crippen molar-refractivity contribution in [2.75, 3.05) is 11.9 Å². The Kier molecular flexibility index (Phi) is 5.00. The van der Waals surface area contributed by atoms with E-state index in [9.17, 15) is 19.2 Å². The van der Waals surface area contributed by atoms with Gasteiger partial charge in [-0.3, -0.25) is 19.3 Å². The molecule has 0 aliphatic carbocycles. The summed E-state index contributed by atoms with van der Waals surface area (Å²) in [6, 6.07) is 13.1. The molecule has 0 radical (unpaired) electrons. The molecule has 28 heavy (non-hydrogen) atoms. The monoisotopic (exact) mass is 379 g/mol. The molecule has 2 N–H and O–H groups in total. The largest absolute Gasteiger partial charge is 0.325 e. The predicted octanol–water partition coefficient (Wildman–Crippen LogP) is 2.60. The number of aryl methyl sites for hydroxylation is 1. The zero-order valence-electron chi connectivity index (χ0n) is 15.9. The van der Waals surface area contributed by atoms with Gasteiger partial charge in [0.05, 0.1) is 0 Å². The molecule has 144 valence electrons. The number of amides is 4. The summed E-state index contributed by atoms with van der Waals surface area (Å²) in [5.74, 6) is -1.07. The predicted molar refractivity (Wildman–Crippen MR) is 104 cm³/mol. The number of carbonyl (C=O) groups is 4. The molecule has 0 aromatic heterocycles. The van der Waals surface area contributed by atoms with Crippen molar-refractivity contribution >= 4 is 29.3 Å². The summed E-state index contributed by atoms with van der Waals surface area (Å²) in [4.78, 5) is 49.7. The van der Waals surface area contributed by atoms with E-state index in [1.54, 1.807) is 43.3 Å². The molecule has 1 fully saturated rings. The number of rotatable bonds is 5. The zero-order valence-corrected chi connectivity index (χ0v) is 15.9. The smallest absolute Gasteiger partial charge is 0.325 e. The van der Waals surface area contributed by atoms with Gasteiger partial charge in [-0.25, -0.2) is 4.79 Å². The summed E-state index contributed by atoms with van der Waals surface area (Å²) < 4.78 is 0. The van der Waals surface area contributed by atoms with Crippen LogP contribution < -0.4 is 10.6 Å². The first-order valence-corrected chi connectivity index (χ1v) is 8.83. The lowest BCUT2D eigenvalue weighted by molar-refractivity contribution is -0.133. The molecule has 1 aliphatic heterocycles. The Hall–Kier alpha value is -3.48. The van der Waals surface area contributed by atoms with Gasteiger partial charge in [0.1, 0.15) is 12.1 Å². The van der Waals surface area contributed by atoms with E-state index in [-0.39, 0.29) is 5.78 Å². The summed E-state index contributed by atoms with van der Waals surface area (Å²) in [7, 11) is 0. The van der Waals surface area contributed by atoms with Crippen molar-refractivity contribution in [3.05, 3.63) is 65.2 Å². The first-order chi connectivity index (χ1) is 13.2. The fraction of sp³-hybridized carbons (Fsp3) is 0.238. The van der Waals surface area contributed by atoms with Gasteiger partial charge >= 0.3 is 6.03 Å². The third kappa shape index (κ3) is 3.64. The molecule has 2 aromatic rings. The average Bonchev–Trinajstić information content (AvgIpc) is 2.86. The highest BCUT2D eigenvalue weighted by atomic mass is 16.2. The van der Waals surface area contributed by atoms with Crippen LogP contribution in [0.1, 0.15) is 35.3 Å². The van der Waals surface area contributed by atoms with Gasteiger partial charge < -0.3 is 10.6 Å². The van der Waals surface area contributed by atoms with Crippen molar-refractivity contribution in [3.8, 4) is 0 Å². The lowest BCUT2D eigenvalue weighted by atomic mass is 9.91. The topological polar surface area (TPSA) is 95.6 Å². The number of hydrogen-bond acceptors (Lipinski definition) is 4. The summed E-state index contributed by atoms with van der Waals surface area (Å²) in [6.07, 6.45) is 0. The van der Waals surface area contributed by atoms with Crippen molar-refractivity contribution in [1.82, 2.24) is 10.2 Å². The molecule has 7 nitrogen and oxygen atoms in total. The van der Waals surface area contributed by atoms with Crippen molar-refractivity contribution in [2.24, 2.45) is 0 Å². The molecular weight excluding hydrogens is 358 g/mol. The number of urea groups is 1. The number of imide groups is 1. The van der Waals surface area contributed by atoms with Gasteiger partial charge in [0.15, 0.2) is 5.78 Å². The van der Waals surface area contributed by atoms with Gasteiger partial charge in [0.2, 0.25) is 5.91 Å². The second kappa shape index (κ2) is 7.26. The second-order valence-corrected chi connectivity index (χ2v) is 6.99. The minimum absolute atomic E-state index is 0.0763. The van der Waals surface area contributed by atoms with Gasteiger partial charge in [-0.05, 0) is 50.6 Å². The Morgan fingerprint density at radius 2 is 1.64 bits per heavy atom. The number of nitrogens with one attached hydrogen (secondary N) is 2. The summed E-state index contributed by atoms with van der Waals surface area (Å²) in [5, 5.41) is 5.30. The molecular formula is C21H21N3O4. The number of Topliss-reactive ketones (excluding diaryl/α,β-unsaturated/α-hetero) is 1. The van der Waals surface area contributed by atoms with E-state index in [1.807, 2.05) is 19.1 Å². The van der Waals surface area contributed by atoms with Gasteiger partial charge in [0, 0.05) is 11.3 Å². The molecule has 0 saturated carbocycles. The second-order valence-electron chi connectivity index (χ2n) is 6.99. The first-order valence-electron chi connectivity index (χ1n) is 8.83. The van der Waals surface area contributed by atoms with Crippen LogP contribution in [0.15, 0.2) is 48.5 Å². The number of carbonyl (C=O) groups excluding carboxylic acids is 4. The van der Waals surface area contributed by atoms with Crippen molar-refractivity contribution in [3.63, 3.8) is 0 Å². The number of benzene rings is 2. The highest BCUT2D eigenvalue weighted by Crippen LogP contribution is 2.29. The fourth-order valence-corrected chi connectivity index (χ4v) is 3.06. The Morgan fingerprint density at radius 1 is 1.04 bits per heavy atom. The highest BCUT2D eigenvalue weighted by molar-refractivity contribution is 6.10. The molecule has 0 spiro atoms. The highest BCUT2D eigenvalue weighted by Gasteiger charge is 2.49. The number of nitrogens with zero attached hydrogens (tertiary/aromatic N) is 1. The zero-order chi connectivity index (χ0) is 20.5. The molecule has 1 saturated heterocycles. The van der Waals surface area contributed by atoms with Crippen LogP contribution in [0, 0.1) is 6.92 Å². The Balaban J connectivity index is 1.70. The van der Waals surface area contributed by atoms with Crippen LogP contribution in [-0.2, 0) is 15.1 Å². The number of hydrogen-bond donors (Lipinski definition) is 2. The first kappa shape index (κ1) is 19.3. The fourth-order valence-electron chi connectivity index (χ4n) is 3.06. The van der Waals surface area contributed by atoms with Crippen molar-refractivity contribution in [2.45, 2.75) is 26.3 Å². The molecule has 0 unspecified atom stereocenters. The molecule has 1 atom stereocenters. The third-order valence-electron chi connectivity index (χ3n) is 4.78. The maximum absolute atomic E-state index is 12.9. The van der Waals surface area contributed by atoms with E-state index in [1.165, 1.54) is 6.92 Å². The minimum Gasteiger partial charge on any atom is -0.325 e. The van der Waals surface area contributed by atoms with Crippen LogP contribution in [0.25, 0.3) is 0 Å². The van der Waals surface area contributed by atoms with Crippen LogP contribution >= 0.6 is 0 Å². The Bertz CT molecular complexity index is 951. The van der Waals surface area contributed by atoms with Crippen LogP contribution in [0.5, 0.6) is 0 Å². The van der Waals surface area contributed by atoms with E-state index < -0.39 is 29.9 Å². The van der Waals surface area contributed by atoms with Crippen LogP contribution in [0.4, 0.5) is 10.5 Å². The molecule has 2 aromatic carbocycles. The molecule has 0 bridgehead atoms. The van der Waals surface area contributed by atoms with E-state index in [0.29, 0.717) is 16.8 Å². The lowest BCUT2D eigenvalue weighted by Gasteiger charge is -2.22. The SMILES string of the molecule is CC(=O)c1ccc(NC(=O)CN2C(=O)N[C@](C)(c3ccc(C)cc3)C2=O)cc1. The van der Waals surface area contributed by atoms with Crippen LogP contribution in [-0.4, -0.2) is 35.1 Å².